The van der Waals surface area contributed by atoms with Crippen molar-refractivity contribution in [3.63, 3.8) is 0 Å². The summed E-state index contributed by atoms with van der Waals surface area (Å²) < 4.78 is 4.72. The van der Waals surface area contributed by atoms with Gasteiger partial charge in [-0.15, -0.1) is 0 Å². The van der Waals surface area contributed by atoms with Crippen molar-refractivity contribution in [1.29, 1.82) is 0 Å². The molecule has 1 rings (SSSR count). The zero-order chi connectivity index (χ0) is 12.7. The lowest BCUT2D eigenvalue weighted by molar-refractivity contribution is -0.142. The van der Waals surface area contributed by atoms with Crippen LogP contribution in [0.2, 0.25) is 0 Å². The van der Waals surface area contributed by atoms with Gasteiger partial charge in [-0.1, -0.05) is 19.3 Å². The number of nitrogens with two attached hydrogens (primary N) is 1. The number of esters is 1. The Morgan fingerprint density at radius 3 is 2.41 bits per heavy atom. The molecule has 1 fully saturated rings. The van der Waals surface area contributed by atoms with Crippen LogP contribution in [0.5, 0.6) is 0 Å². The molecule has 5 nitrogen and oxygen atoms in total. The van der Waals surface area contributed by atoms with E-state index in [1.807, 2.05) is 0 Å². The zero-order valence-electron chi connectivity index (χ0n) is 9.69. The molecule has 0 saturated heterocycles. The van der Waals surface area contributed by atoms with E-state index in [2.05, 4.69) is 0 Å². The van der Waals surface area contributed by atoms with E-state index < -0.39 is 11.9 Å². The highest BCUT2D eigenvalue weighted by Gasteiger charge is 2.24. The summed E-state index contributed by atoms with van der Waals surface area (Å²) in [5.74, 6) is -1.24. The van der Waals surface area contributed by atoms with E-state index in [1.165, 1.54) is 0 Å². The number of hydrogen-bond acceptors (Lipinski definition) is 4. The second kappa shape index (κ2) is 6.83. The summed E-state index contributed by atoms with van der Waals surface area (Å²) in [6.45, 7) is -0.290. The van der Waals surface area contributed by atoms with Crippen molar-refractivity contribution in [3.05, 3.63) is 11.6 Å². The van der Waals surface area contributed by atoms with Crippen LogP contribution >= 0.6 is 0 Å². The number of carbonyl (C=O) groups is 3. The van der Waals surface area contributed by atoms with Crippen molar-refractivity contribution in [1.82, 2.24) is 0 Å². The van der Waals surface area contributed by atoms with Crippen LogP contribution in [-0.4, -0.2) is 24.8 Å². The summed E-state index contributed by atoms with van der Waals surface area (Å²) >= 11 is 0. The van der Waals surface area contributed by atoms with Gasteiger partial charge in [-0.25, -0.2) is 4.79 Å². The van der Waals surface area contributed by atoms with Gasteiger partial charge in [0.1, 0.15) is 6.61 Å². The monoisotopic (exact) mass is 239 g/mol. The Kier molecular flexibility index (Phi) is 5.39. The predicted octanol–water partition coefficient (Wildman–Crippen LogP) is 0.720. The van der Waals surface area contributed by atoms with Crippen LogP contribution in [0.1, 0.15) is 32.1 Å². The van der Waals surface area contributed by atoms with Crippen molar-refractivity contribution in [2.45, 2.75) is 32.1 Å². The Morgan fingerprint density at radius 1 is 1.24 bits per heavy atom. The maximum Gasteiger partial charge on any atom is 0.334 e. The molecule has 17 heavy (non-hydrogen) atoms. The normalized spacial score (nSPS) is 17.5. The van der Waals surface area contributed by atoms with Crippen LogP contribution in [-0.2, 0) is 19.1 Å². The van der Waals surface area contributed by atoms with Gasteiger partial charge >= 0.3 is 5.97 Å². The second-order valence-electron chi connectivity index (χ2n) is 4.10. The van der Waals surface area contributed by atoms with Crippen LogP contribution in [0.25, 0.3) is 0 Å². The lowest BCUT2D eigenvalue weighted by Crippen LogP contribution is -2.22. The van der Waals surface area contributed by atoms with Crippen molar-refractivity contribution < 1.29 is 19.1 Å². The van der Waals surface area contributed by atoms with E-state index >= 15 is 0 Å². The predicted molar refractivity (Wildman–Crippen MR) is 60.9 cm³/mol. The Bertz CT molecular complexity index is 329. The summed E-state index contributed by atoms with van der Waals surface area (Å²) in [6.07, 6.45) is 6.54. The molecule has 0 aromatic carbocycles. The fraction of sp³-hybridized carbons (Fsp3) is 0.583. The average molecular weight is 239 g/mol. The van der Waals surface area contributed by atoms with Crippen LogP contribution < -0.4 is 5.73 Å². The molecule has 0 bridgehead atoms. The Morgan fingerprint density at radius 2 is 1.88 bits per heavy atom. The fourth-order valence-corrected chi connectivity index (χ4v) is 2.10. The first kappa shape index (κ1) is 13.4. The van der Waals surface area contributed by atoms with E-state index in [4.69, 9.17) is 10.5 Å². The molecule has 0 spiro atoms. The summed E-state index contributed by atoms with van der Waals surface area (Å²) in [5.41, 5.74) is 5.38. The third-order valence-corrected chi connectivity index (χ3v) is 2.86. The number of ether oxygens (including phenoxy) is 1. The first-order chi connectivity index (χ1) is 8.15. The molecule has 0 heterocycles. The lowest BCUT2D eigenvalue weighted by atomic mass is 9.83. The van der Waals surface area contributed by atoms with Gasteiger partial charge in [0.2, 0.25) is 5.91 Å². The Labute approximate surface area is 100.0 Å². The second-order valence-corrected chi connectivity index (χ2v) is 4.10. The molecule has 5 heteroatoms. The van der Waals surface area contributed by atoms with E-state index in [1.54, 1.807) is 0 Å². The number of aldehydes is 1. The summed E-state index contributed by atoms with van der Waals surface area (Å²) in [5, 5.41) is 0. The molecule has 0 unspecified atom stereocenters. The zero-order valence-corrected chi connectivity index (χ0v) is 9.69. The van der Waals surface area contributed by atoms with Crippen LogP contribution in [0.4, 0.5) is 0 Å². The van der Waals surface area contributed by atoms with Crippen molar-refractivity contribution in [2.75, 3.05) is 6.61 Å². The Hall–Kier alpha value is -1.65. The van der Waals surface area contributed by atoms with Gasteiger partial charge in [0.15, 0.2) is 6.29 Å². The molecular weight excluding hydrogens is 222 g/mol. The van der Waals surface area contributed by atoms with Crippen molar-refractivity contribution in [2.24, 2.45) is 11.7 Å². The molecule has 1 amide bonds. The minimum atomic E-state index is -0.659. The number of carbonyl (C=O) groups excluding carboxylic acids is 3. The molecule has 0 atom stereocenters. The first-order valence-corrected chi connectivity index (χ1v) is 5.77. The van der Waals surface area contributed by atoms with E-state index in [0.717, 1.165) is 38.2 Å². The minimum Gasteiger partial charge on any atom is -0.455 e. The molecule has 1 aliphatic carbocycles. The van der Waals surface area contributed by atoms with Gasteiger partial charge in [0.05, 0.1) is 0 Å². The SMILES string of the molecule is NC(=O)C=C(C(=O)OCC=O)C1CCCCC1. The standard InChI is InChI=1S/C12H17NO4/c13-11(15)8-10(12(16)17-7-6-14)9-4-2-1-3-5-9/h6,8-9H,1-5,7H2,(H2,13,15). The lowest BCUT2D eigenvalue weighted by Gasteiger charge is -2.22. The summed E-state index contributed by atoms with van der Waals surface area (Å²) in [6, 6.07) is 0. The van der Waals surface area contributed by atoms with Gasteiger partial charge in [0, 0.05) is 11.6 Å². The van der Waals surface area contributed by atoms with Gasteiger partial charge in [-0.3, -0.25) is 9.59 Å². The first-order valence-electron chi connectivity index (χ1n) is 5.77. The highest BCUT2D eigenvalue weighted by Crippen LogP contribution is 2.30. The van der Waals surface area contributed by atoms with E-state index in [-0.39, 0.29) is 12.5 Å². The number of primary amides is 1. The fourth-order valence-electron chi connectivity index (χ4n) is 2.10. The summed E-state index contributed by atoms with van der Waals surface area (Å²) in [4.78, 5) is 32.7. The van der Waals surface area contributed by atoms with Crippen molar-refractivity contribution >= 4 is 18.2 Å². The smallest absolute Gasteiger partial charge is 0.334 e. The Balaban J connectivity index is 2.75. The largest absolute Gasteiger partial charge is 0.455 e. The van der Waals surface area contributed by atoms with Crippen LogP contribution in [0, 0.1) is 5.92 Å². The van der Waals surface area contributed by atoms with Crippen LogP contribution in [0.15, 0.2) is 11.6 Å². The molecule has 2 N–H and O–H groups in total. The molecule has 0 aromatic heterocycles. The molecule has 0 aliphatic heterocycles. The molecule has 1 aliphatic rings. The van der Waals surface area contributed by atoms with E-state index in [0.29, 0.717) is 11.9 Å². The topological polar surface area (TPSA) is 86.5 Å². The van der Waals surface area contributed by atoms with E-state index in [9.17, 15) is 14.4 Å². The van der Waals surface area contributed by atoms with Crippen LogP contribution in [0.3, 0.4) is 0 Å². The van der Waals surface area contributed by atoms with Gasteiger partial charge in [0.25, 0.3) is 0 Å². The molecule has 0 radical (unpaired) electrons. The quantitative estimate of drug-likeness (QED) is 0.435. The highest BCUT2D eigenvalue weighted by atomic mass is 16.5. The van der Waals surface area contributed by atoms with Crippen molar-refractivity contribution in [3.8, 4) is 0 Å². The maximum atomic E-state index is 11.7. The van der Waals surface area contributed by atoms with Gasteiger partial charge in [-0.2, -0.15) is 0 Å². The van der Waals surface area contributed by atoms with Gasteiger partial charge < -0.3 is 10.5 Å². The minimum absolute atomic E-state index is 0.0235. The summed E-state index contributed by atoms with van der Waals surface area (Å²) in [7, 11) is 0. The molecule has 94 valence electrons. The number of rotatable bonds is 5. The molecular formula is C12H17NO4. The molecule has 0 aromatic rings. The number of amides is 1. The number of hydrogen-bond donors (Lipinski definition) is 1. The van der Waals surface area contributed by atoms with Gasteiger partial charge in [-0.05, 0) is 18.8 Å². The third-order valence-electron chi connectivity index (χ3n) is 2.86. The average Bonchev–Trinajstić information content (AvgIpc) is 2.34. The maximum absolute atomic E-state index is 11.7. The molecule has 1 saturated carbocycles. The third kappa shape index (κ3) is 4.38. The highest BCUT2D eigenvalue weighted by molar-refractivity contribution is 5.98.